The lowest BCUT2D eigenvalue weighted by Crippen LogP contribution is -2.49. The SMILES string of the molecule is C=CC(=O)N1CCN(C(=O)/C=C/c2cc3c(-c4cnn5ncccc45)ccnc3[nH]2)CC1. The Kier molecular flexibility index (Phi) is 4.98. The van der Waals surface area contributed by atoms with Crippen LogP contribution in [-0.2, 0) is 9.59 Å². The second kappa shape index (κ2) is 8.10. The first-order valence-corrected chi connectivity index (χ1v) is 10.3. The summed E-state index contributed by atoms with van der Waals surface area (Å²) in [5.74, 6) is -0.188. The summed E-state index contributed by atoms with van der Waals surface area (Å²) >= 11 is 0. The minimum atomic E-state index is -0.101. The maximum Gasteiger partial charge on any atom is 0.246 e. The second-order valence-electron chi connectivity index (χ2n) is 7.49. The molecule has 0 saturated carbocycles. The molecule has 4 aromatic rings. The number of aromatic amines is 1. The van der Waals surface area contributed by atoms with Crippen LogP contribution in [0, 0.1) is 0 Å². The van der Waals surface area contributed by atoms with E-state index in [0.29, 0.717) is 26.2 Å². The van der Waals surface area contributed by atoms with Gasteiger partial charge in [-0.2, -0.15) is 14.8 Å². The molecule has 0 bridgehead atoms. The molecule has 1 fully saturated rings. The fourth-order valence-corrected chi connectivity index (χ4v) is 3.95. The van der Waals surface area contributed by atoms with Crippen LogP contribution >= 0.6 is 0 Å². The Morgan fingerprint density at radius 2 is 1.78 bits per heavy atom. The summed E-state index contributed by atoms with van der Waals surface area (Å²) < 4.78 is 1.59. The summed E-state index contributed by atoms with van der Waals surface area (Å²) in [7, 11) is 0. The standard InChI is InChI=1S/C23H21N7O2/c1-2-21(31)28-10-12-29(13-11-28)22(32)6-5-16-14-18-17(7-9-24-23(18)27-16)19-15-26-30-20(19)4-3-8-25-30/h2-9,14-15H,1,10-13H2,(H,24,27)/b6-5+. The molecule has 0 unspecified atom stereocenters. The minimum Gasteiger partial charge on any atom is -0.340 e. The first kappa shape index (κ1) is 19.7. The van der Waals surface area contributed by atoms with Crippen molar-refractivity contribution in [3.05, 3.63) is 67.3 Å². The molecule has 4 aromatic heterocycles. The number of hydrogen-bond acceptors (Lipinski definition) is 5. The van der Waals surface area contributed by atoms with E-state index in [1.165, 1.54) is 6.08 Å². The smallest absolute Gasteiger partial charge is 0.246 e. The van der Waals surface area contributed by atoms with E-state index in [9.17, 15) is 9.59 Å². The predicted molar refractivity (Wildman–Crippen MR) is 120 cm³/mol. The number of pyridine rings is 1. The van der Waals surface area contributed by atoms with Gasteiger partial charge < -0.3 is 14.8 Å². The van der Waals surface area contributed by atoms with E-state index in [2.05, 4.69) is 26.7 Å². The van der Waals surface area contributed by atoms with Gasteiger partial charge in [0, 0.05) is 61.3 Å². The third-order valence-electron chi connectivity index (χ3n) is 5.63. The molecule has 5 heterocycles. The summed E-state index contributed by atoms with van der Waals surface area (Å²) in [5, 5.41) is 9.49. The number of amides is 2. The number of piperazine rings is 1. The zero-order chi connectivity index (χ0) is 22.1. The van der Waals surface area contributed by atoms with Gasteiger partial charge in [0.2, 0.25) is 11.8 Å². The number of carbonyl (C=O) groups excluding carboxylic acids is 2. The van der Waals surface area contributed by atoms with Crippen LogP contribution in [-0.4, -0.2) is 72.6 Å². The van der Waals surface area contributed by atoms with Crippen molar-refractivity contribution in [2.24, 2.45) is 0 Å². The van der Waals surface area contributed by atoms with Crippen LogP contribution in [0.5, 0.6) is 0 Å². The van der Waals surface area contributed by atoms with E-state index in [0.717, 1.165) is 33.4 Å². The number of fused-ring (bicyclic) bond motifs is 2. The van der Waals surface area contributed by atoms with E-state index >= 15 is 0 Å². The van der Waals surface area contributed by atoms with Gasteiger partial charge in [-0.15, -0.1) is 0 Å². The van der Waals surface area contributed by atoms with Gasteiger partial charge in [-0.3, -0.25) is 9.59 Å². The van der Waals surface area contributed by atoms with Gasteiger partial charge in [-0.05, 0) is 42.0 Å². The average Bonchev–Trinajstić information content (AvgIpc) is 3.46. The summed E-state index contributed by atoms with van der Waals surface area (Å²) in [5.41, 5.74) is 4.37. The van der Waals surface area contributed by atoms with E-state index in [1.807, 2.05) is 24.3 Å². The van der Waals surface area contributed by atoms with Gasteiger partial charge >= 0.3 is 0 Å². The van der Waals surface area contributed by atoms with Crippen molar-refractivity contribution in [3.63, 3.8) is 0 Å². The Bertz CT molecular complexity index is 1360. The Hall–Kier alpha value is -4.27. The van der Waals surface area contributed by atoms with Gasteiger partial charge in [0.15, 0.2) is 0 Å². The zero-order valence-corrected chi connectivity index (χ0v) is 17.3. The van der Waals surface area contributed by atoms with Crippen molar-refractivity contribution in [2.45, 2.75) is 0 Å². The number of rotatable bonds is 4. The fraction of sp³-hybridized carbons (Fsp3) is 0.174. The number of aromatic nitrogens is 5. The molecule has 32 heavy (non-hydrogen) atoms. The van der Waals surface area contributed by atoms with E-state index in [-0.39, 0.29) is 11.8 Å². The molecule has 0 spiro atoms. The van der Waals surface area contributed by atoms with Crippen molar-refractivity contribution in [1.82, 2.24) is 34.6 Å². The van der Waals surface area contributed by atoms with Crippen LogP contribution in [0.1, 0.15) is 5.69 Å². The Morgan fingerprint density at radius 1 is 1.00 bits per heavy atom. The number of nitrogens with zero attached hydrogens (tertiary/aromatic N) is 6. The van der Waals surface area contributed by atoms with Crippen LogP contribution in [0.4, 0.5) is 0 Å². The number of carbonyl (C=O) groups is 2. The second-order valence-corrected chi connectivity index (χ2v) is 7.49. The van der Waals surface area contributed by atoms with Gasteiger partial charge in [0.05, 0.1) is 11.7 Å². The lowest BCUT2D eigenvalue weighted by atomic mass is 10.1. The van der Waals surface area contributed by atoms with Crippen LogP contribution in [0.25, 0.3) is 33.8 Å². The molecule has 1 aliphatic rings. The molecule has 1 aliphatic heterocycles. The lowest BCUT2D eigenvalue weighted by Gasteiger charge is -2.33. The minimum absolute atomic E-state index is 0.0868. The molecule has 0 aliphatic carbocycles. The van der Waals surface area contributed by atoms with Crippen molar-refractivity contribution in [3.8, 4) is 11.1 Å². The molecule has 2 amide bonds. The molecular formula is C23H21N7O2. The molecular weight excluding hydrogens is 406 g/mol. The van der Waals surface area contributed by atoms with Crippen molar-refractivity contribution in [2.75, 3.05) is 26.2 Å². The molecule has 1 saturated heterocycles. The third-order valence-corrected chi connectivity index (χ3v) is 5.63. The molecule has 0 radical (unpaired) electrons. The molecule has 0 atom stereocenters. The molecule has 1 N–H and O–H groups in total. The average molecular weight is 427 g/mol. The highest BCUT2D eigenvalue weighted by atomic mass is 16.2. The topological polar surface area (TPSA) is 99.5 Å². The highest BCUT2D eigenvalue weighted by molar-refractivity contribution is 5.99. The maximum absolute atomic E-state index is 12.6. The summed E-state index contributed by atoms with van der Waals surface area (Å²) in [6.07, 6.45) is 9.84. The van der Waals surface area contributed by atoms with Gasteiger partial charge in [-0.1, -0.05) is 6.58 Å². The zero-order valence-electron chi connectivity index (χ0n) is 17.3. The third kappa shape index (κ3) is 3.53. The van der Waals surface area contributed by atoms with Crippen molar-refractivity contribution in [1.29, 1.82) is 0 Å². The van der Waals surface area contributed by atoms with Crippen LogP contribution in [0.2, 0.25) is 0 Å². The van der Waals surface area contributed by atoms with E-state index in [4.69, 9.17) is 0 Å². The van der Waals surface area contributed by atoms with E-state index < -0.39 is 0 Å². The van der Waals surface area contributed by atoms with Crippen molar-refractivity contribution >= 4 is 34.4 Å². The van der Waals surface area contributed by atoms with Gasteiger partial charge in [0.1, 0.15) is 5.65 Å². The fourth-order valence-electron chi connectivity index (χ4n) is 3.95. The summed E-state index contributed by atoms with van der Waals surface area (Å²) in [4.78, 5) is 35.4. The van der Waals surface area contributed by atoms with E-state index in [1.54, 1.807) is 45.2 Å². The highest BCUT2D eigenvalue weighted by Crippen LogP contribution is 2.31. The number of H-pyrrole nitrogens is 1. The molecule has 160 valence electrons. The summed E-state index contributed by atoms with van der Waals surface area (Å²) in [6.45, 7) is 5.54. The van der Waals surface area contributed by atoms with Crippen molar-refractivity contribution < 1.29 is 9.59 Å². The van der Waals surface area contributed by atoms with Crippen LogP contribution in [0.3, 0.4) is 0 Å². The first-order valence-electron chi connectivity index (χ1n) is 10.3. The van der Waals surface area contributed by atoms with Gasteiger partial charge in [0.25, 0.3) is 0 Å². The highest BCUT2D eigenvalue weighted by Gasteiger charge is 2.21. The summed E-state index contributed by atoms with van der Waals surface area (Å²) in [6, 6.07) is 7.77. The first-order chi connectivity index (χ1) is 15.6. The molecule has 0 aromatic carbocycles. The van der Waals surface area contributed by atoms with Crippen LogP contribution in [0.15, 0.2) is 61.6 Å². The monoisotopic (exact) mass is 427 g/mol. The normalized spacial score (nSPS) is 14.5. The quantitative estimate of drug-likeness (QED) is 0.503. The largest absolute Gasteiger partial charge is 0.340 e. The van der Waals surface area contributed by atoms with Crippen LogP contribution < -0.4 is 0 Å². The molecule has 5 rings (SSSR count). The number of hydrogen-bond donors (Lipinski definition) is 1. The molecule has 9 heteroatoms. The Morgan fingerprint density at radius 3 is 2.56 bits per heavy atom. The Balaban J connectivity index is 1.36. The maximum atomic E-state index is 12.6. The number of nitrogens with one attached hydrogen (secondary N) is 1. The molecule has 9 nitrogen and oxygen atoms in total. The Labute approximate surface area is 183 Å². The predicted octanol–water partition coefficient (Wildman–Crippen LogP) is 2.14. The lowest BCUT2D eigenvalue weighted by molar-refractivity contribution is -0.133. The van der Waals surface area contributed by atoms with Gasteiger partial charge in [-0.25, -0.2) is 4.98 Å².